The SMILES string of the molecule is COc1ccc(S(=O)(=O)Nc2cccnc2)cc1Br. The summed E-state index contributed by atoms with van der Waals surface area (Å²) in [7, 11) is -2.12. The van der Waals surface area contributed by atoms with Crippen LogP contribution >= 0.6 is 15.9 Å². The van der Waals surface area contributed by atoms with Crippen molar-refractivity contribution in [1.82, 2.24) is 4.98 Å². The molecule has 0 spiro atoms. The molecule has 0 fully saturated rings. The van der Waals surface area contributed by atoms with Crippen molar-refractivity contribution in [3.05, 3.63) is 47.2 Å². The Balaban J connectivity index is 2.32. The van der Waals surface area contributed by atoms with Crippen molar-refractivity contribution >= 4 is 31.6 Å². The summed E-state index contributed by atoms with van der Waals surface area (Å²) in [6.07, 6.45) is 3.01. The minimum atomic E-state index is -3.64. The Kier molecular flexibility index (Phi) is 4.06. The number of ether oxygens (including phenoxy) is 1. The van der Waals surface area contributed by atoms with Crippen LogP contribution in [0.4, 0.5) is 5.69 Å². The Morgan fingerprint density at radius 2 is 2.11 bits per heavy atom. The number of hydrogen-bond acceptors (Lipinski definition) is 4. The monoisotopic (exact) mass is 342 g/mol. The molecule has 0 saturated carbocycles. The van der Waals surface area contributed by atoms with Crippen LogP contribution < -0.4 is 9.46 Å². The highest BCUT2D eigenvalue weighted by Gasteiger charge is 2.16. The fourth-order valence-corrected chi connectivity index (χ4v) is 3.21. The van der Waals surface area contributed by atoms with Crippen LogP contribution in [0.5, 0.6) is 5.75 Å². The number of halogens is 1. The highest BCUT2D eigenvalue weighted by molar-refractivity contribution is 9.10. The van der Waals surface area contributed by atoms with Crippen LogP contribution in [0, 0.1) is 0 Å². The Bertz CT molecular complexity index is 675. The number of nitrogens with one attached hydrogen (secondary N) is 1. The van der Waals surface area contributed by atoms with E-state index < -0.39 is 10.0 Å². The molecule has 1 heterocycles. The Morgan fingerprint density at radius 1 is 1.32 bits per heavy atom. The van der Waals surface area contributed by atoms with Gasteiger partial charge in [-0.2, -0.15) is 0 Å². The topological polar surface area (TPSA) is 68.3 Å². The van der Waals surface area contributed by atoms with E-state index in [4.69, 9.17) is 4.74 Å². The van der Waals surface area contributed by atoms with Gasteiger partial charge in [0.15, 0.2) is 0 Å². The zero-order valence-corrected chi connectivity index (χ0v) is 12.4. The van der Waals surface area contributed by atoms with E-state index in [1.165, 1.54) is 25.4 Å². The molecular formula is C12H11BrN2O3S. The van der Waals surface area contributed by atoms with E-state index in [1.54, 1.807) is 24.4 Å². The Labute approximate surface area is 119 Å². The van der Waals surface area contributed by atoms with Gasteiger partial charge in [-0.25, -0.2) is 8.42 Å². The summed E-state index contributed by atoms with van der Waals surface area (Å²) >= 11 is 3.26. The summed E-state index contributed by atoms with van der Waals surface area (Å²) in [6.45, 7) is 0. The number of sulfonamides is 1. The second-order valence-corrected chi connectivity index (χ2v) is 6.18. The van der Waals surface area contributed by atoms with E-state index in [1.807, 2.05) is 0 Å². The molecule has 1 N–H and O–H groups in total. The third kappa shape index (κ3) is 3.24. The molecule has 0 aliphatic carbocycles. The molecule has 0 amide bonds. The number of methoxy groups -OCH3 is 1. The first-order valence-corrected chi connectivity index (χ1v) is 7.57. The molecule has 2 rings (SSSR count). The van der Waals surface area contributed by atoms with Crippen LogP contribution in [0.3, 0.4) is 0 Å². The maximum absolute atomic E-state index is 12.2. The molecule has 7 heteroatoms. The van der Waals surface area contributed by atoms with Crippen molar-refractivity contribution in [1.29, 1.82) is 0 Å². The smallest absolute Gasteiger partial charge is 0.261 e. The van der Waals surface area contributed by atoms with Crippen molar-refractivity contribution in [3.8, 4) is 5.75 Å². The van der Waals surface area contributed by atoms with Gasteiger partial charge in [-0.15, -0.1) is 0 Å². The summed E-state index contributed by atoms with van der Waals surface area (Å²) in [4.78, 5) is 3.99. The fraction of sp³-hybridized carbons (Fsp3) is 0.0833. The predicted molar refractivity (Wildman–Crippen MR) is 75.7 cm³/mol. The quantitative estimate of drug-likeness (QED) is 0.927. The molecule has 19 heavy (non-hydrogen) atoms. The van der Waals surface area contributed by atoms with E-state index in [2.05, 4.69) is 25.6 Å². The number of nitrogens with zero attached hydrogens (tertiary/aromatic N) is 1. The third-order valence-corrected chi connectivity index (χ3v) is 4.35. The lowest BCUT2D eigenvalue weighted by Crippen LogP contribution is -2.13. The Hall–Kier alpha value is -1.60. The largest absolute Gasteiger partial charge is 0.496 e. The van der Waals surface area contributed by atoms with Gasteiger partial charge in [0.05, 0.1) is 28.4 Å². The summed E-state index contributed by atoms with van der Waals surface area (Å²) in [6, 6.07) is 7.83. The summed E-state index contributed by atoms with van der Waals surface area (Å²) < 4.78 is 32.4. The molecule has 1 aromatic heterocycles. The van der Waals surface area contributed by atoms with E-state index >= 15 is 0 Å². The van der Waals surface area contributed by atoms with Gasteiger partial charge in [-0.3, -0.25) is 9.71 Å². The molecule has 0 atom stereocenters. The van der Waals surface area contributed by atoms with E-state index in [9.17, 15) is 8.42 Å². The van der Waals surface area contributed by atoms with Gasteiger partial charge in [0.1, 0.15) is 5.75 Å². The first kappa shape index (κ1) is 13.8. The lowest BCUT2D eigenvalue weighted by Gasteiger charge is -2.09. The van der Waals surface area contributed by atoms with Crippen molar-refractivity contribution in [3.63, 3.8) is 0 Å². The number of rotatable bonds is 4. The van der Waals surface area contributed by atoms with Crippen molar-refractivity contribution in [2.45, 2.75) is 4.90 Å². The maximum atomic E-state index is 12.2. The predicted octanol–water partition coefficient (Wildman–Crippen LogP) is 2.65. The lowest BCUT2D eigenvalue weighted by atomic mass is 10.3. The molecule has 0 bridgehead atoms. The summed E-state index contributed by atoms with van der Waals surface area (Å²) in [5.74, 6) is 0.570. The zero-order chi connectivity index (χ0) is 13.9. The molecule has 0 aliphatic heterocycles. The molecule has 100 valence electrons. The van der Waals surface area contributed by atoms with Crippen molar-refractivity contribution < 1.29 is 13.2 Å². The zero-order valence-electron chi connectivity index (χ0n) is 10.00. The average molecular weight is 343 g/mol. The second kappa shape index (κ2) is 5.58. The van der Waals surface area contributed by atoms with E-state index in [-0.39, 0.29) is 4.90 Å². The van der Waals surface area contributed by atoms with Crippen molar-refractivity contribution in [2.75, 3.05) is 11.8 Å². The van der Waals surface area contributed by atoms with E-state index in [0.29, 0.717) is 15.9 Å². The van der Waals surface area contributed by atoms with Crippen molar-refractivity contribution in [2.24, 2.45) is 0 Å². The first-order chi connectivity index (χ1) is 9.03. The summed E-state index contributed by atoms with van der Waals surface area (Å²) in [5, 5.41) is 0. The fourth-order valence-electron chi connectivity index (χ4n) is 1.45. The van der Waals surface area contributed by atoms with Crippen LogP contribution in [-0.2, 0) is 10.0 Å². The normalized spacial score (nSPS) is 11.1. The average Bonchev–Trinajstić information content (AvgIpc) is 2.39. The van der Waals surface area contributed by atoms with Gasteiger partial charge in [0.2, 0.25) is 0 Å². The molecule has 2 aromatic rings. The first-order valence-electron chi connectivity index (χ1n) is 5.29. The molecule has 0 saturated heterocycles. The Morgan fingerprint density at radius 3 is 2.68 bits per heavy atom. The van der Waals surface area contributed by atoms with Gasteiger partial charge < -0.3 is 4.74 Å². The molecule has 0 aliphatic rings. The van der Waals surface area contributed by atoms with Gasteiger partial charge >= 0.3 is 0 Å². The number of hydrogen-bond donors (Lipinski definition) is 1. The number of benzene rings is 1. The number of anilines is 1. The third-order valence-electron chi connectivity index (χ3n) is 2.35. The minimum Gasteiger partial charge on any atom is -0.496 e. The summed E-state index contributed by atoms with van der Waals surface area (Å²) in [5.41, 5.74) is 0.412. The number of pyridine rings is 1. The van der Waals surface area contributed by atoms with Crippen LogP contribution in [0.1, 0.15) is 0 Å². The molecule has 0 radical (unpaired) electrons. The van der Waals surface area contributed by atoms with E-state index in [0.717, 1.165) is 0 Å². The van der Waals surface area contributed by atoms with Crippen LogP contribution in [-0.4, -0.2) is 20.5 Å². The molecular weight excluding hydrogens is 332 g/mol. The molecule has 0 unspecified atom stereocenters. The second-order valence-electron chi connectivity index (χ2n) is 3.64. The highest BCUT2D eigenvalue weighted by Crippen LogP contribution is 2.28. The van der Waals surface area contributed by atoms with Crippen LogP contribution in [0.25, 0.3) is 0 Å². The minimum absolute atomic E-state index is 0.143. The number of aromatic nitrogens is 1. The highest BCUT2D eigenvalue weighted by atomic mass is 79.9. The van der Waals surface area contributed by atoms with Gasteiger partial charge in [0, 0.05) is 6.20 Å². The van der Waals surface area contributed by atoms with Gasteiger partial charge in [-0.05, 0) is 46.3 Å². The lowest BCUT2D eigenvalue weighted by molar-refractivity contribution is 0.411. The molecule has 5 nitrogen and oxygen atoms in total. The standard InChI is InChI=1S/C12H11BrN2O3S/c1-18-12-5-4-10(7-11(12)13)19(16,17)15-9-3-2-6-14-8-9/h2-8,15H,1H3. The van der Waals surface area contributed by atoms with Gasteiger partial charge in [0.25, 0.3) is 10.0 Å². The molecule has 1 aromatic carbocycles. The van der Waals surface area contributed by atoms with Crippen LogP contribution in [0.2, 0.25) is 0 Å². The van der Waals surface area contributed by atoms with Crippen LogP contribution in [0.15, 0.2) is 52.1 Å². The maximum Gasteiger partial charge on any atom is 0.261 e. The van der Waals surface area contributed by atoms with Gasteiger partial charge in [-0.1, -0.05) is 0 Å².